The van der Waals surface area contributed by atoms with Crippen LogP contribution in [0, 0.1) is 0 Å². The van der Waals surface area contributed by atoms with Gasteiger partial charge >= 0.3 is 0 Å². The Bertz CT molecular complexity index is 1020. The van der Waals surface area contributed by atoms with E-state index < -0.39 is 0 Å². The Kier molecular flexibility index (Phi) is 4.28. The normalized spacial score (nSPS) is 15.7. The molecule has 3 aromatic rings. The zero-order valence-corrected chi connectivity index (χ0v) is 15.7. The predicted octanol–water partition coefficient (Wildman–Crippen LogP) is 3.24. The van der Waals surface area contributed by atoms with Crippen molar-refractivity contribution >= 4 is 11.7 Å². The molecule has 2 aliphatic heterocycles. The predicted molar refractivity (Wildman–Crippen MR) is 108 cm³/mol. The summed E-state index contributed by atoms with van der Waals surface area (Å²) in [4.78, 5) is 26.0. The molecule has 3 heterocycles. The highest BCUT2D eigenvalue weighted by Gasteiger charge is 2.23. The standard InChI is InChI=1S/C23H22N4O/c28-23(27-12-10-18-6-2-4-8-20(18)16-27)21-13-25-22(14-24-21)26-11-9-17-5-1-3-7-19(17)15-26/h1-8,13-14H,9-12,15-16H2. The van der Waals surface area contributed by atoms with Gasteiger partial charge < -0.3 is 9.80 Å². The average molecular weight is 370 g/mol. The summed E-state index contributed by atoms with van der Waals surface area (Å²) in [7, 11) is 0. The van der Waals surface area contributed by atoms with Gasteiger partial charge in [-0.2, -0.15) is 0 Å². The van der Waals surface area contributed by atoms with Gasteiger partial charge in [0.15, 0.2) is 0 Å². The summed E-state index contributed by atoms with van der Waals surface area (Å²) >= 11 is 0. The van der Waals surface area contributed by atoms with E-state index >= 15 is 0 Å². The molecule has 0 fully saturated rings. The van der Waals surface area contributed by atoms with Crippen molar-refractivity contribution in [3.05, 3.63) is 88.9 Å². The van der Waals surface area contributed by atoms with E-state index in [9.17, 15) is 4.79 Å². The highest BCUT2D eigenvalue weighted by Crippen LogP contribution is 2.23. The average Bonchev–Trinajstić information content (AvgIpc) is 2.78. The number of anilines is 1. The summed E-state index contributed by atoms with van der Waals surface area (Å²) < 4.78 is 0. The fourth-order valence-electron chi connectivity index (χ4n) is 4.12. The van der Waals surface area contributed by atoms with Gasteiger partial charge in [0, 0.05) is 26.2 Å². The molecule has 0 radical (unpaired) electrons. The van der Waals surface area contributed by atoms with Gasteiger partial charge in [-0.1, -0.05) is 48.5 Å². The van der Waals surface area contributed by atoms with Crippen molar-refractivity contribution in [1.29, 1.82) is 0 Å². The molecule has 5 nitrogen and oxygen atoms in total. The van der Waals surface area contributed by atoms with Crippen LogP contribution in [-0.2, 0) is 25.9 Å². The highest BCUT2D eigenvalue weighted by atomic mass is 16.2. The molecule has 140 valence electrons. The molecule has 0 atom stereocenters. The molecule has 28 heavy (non-hydrogen) atoms. The van der Waals surface area contributed by atoms with E-state index in [4.69, 9.17) is 0 Å². The summed E-state index contributed by atoms with van der Waals surface area (Å²) in [6.45, 7) is 3.12. The fourth-order valence-corrected chi connectivity index (χ4v) is 4.12. The quantitative estimate of drug-likeness (QED) is 0.695. The highest BCUT2D eigenvalue weighted by molar-refractivity contribution is 5.92. The van der Waals surface area contributed by atoms with Crippen molar-refractivity contribution in [3.8, 4) is 0 Å². The van der Waals surface area contributed by atoms with Crippen molar-refractivity contribution in [1.82, 2.24) is 14.9 Å². The van der Waals surface area contributed by atoms with Crippen LogP contribution in [0.4, 0.5) is 5.82 Å². The van der Waals surface area contributed by atoms with Gasteiger partial charge in [-0.05, 0) is 35.1 Å². The first kappa shape index (κ1) is 16.9. The first-order valence-corrected chi connectivity index (χ1v) is 9.78. The van der Waals surface area contributed by atoms with Crippen molar-refractivity contribution in [2.75, 3.05) is 18.0 Å². The number of carbonyl (C=O) groups excluding carboxylic acids is 1. The van der Waals surface area contributed by atoms with E-state index in [0.29, 0.717) is 12.2 Å². The molecule has 0 saturated carbocycles. The van der Waals surface area contributed by atoms with E-state index in [2.05, 4.69) is 57.3 Å². The maximum absolute atomic E-state index is 12.9. The Morgan fingerprint density at radius 2 is 1.39 bits per heavy atom. The van der Waals surface area contributed by atoms with Gasteiger partial charge in [-0.3, -0.25) is 4.79 Å². The topological polar surface area (TPSA) is 49.3 Å². The van der Waals surface area contributed by atoms with Crippen molar-refractivity contribution in [2.45, 2.75) is 25.9 Å². The monoisotopic (exact) mass is 370 g/mol. The lowest BCUT2D eigenvalue weighted by Gasteiger charge is -2.30. The lowest BCUT2D eigenvalue weighted by molar-refractivity contribution is 0.0728. The third-order valence-corrected chi connectivity index (χ3v) is 5.73. The van der Waals surface area contributed by atoms with Crippen LogP contribution in [0.3, 0.4) is 0 Å². The van der Waals surface area contributed by atoms with Crippen LogP contribution in [0.15, 0.2) is 60.9 Å². The molecule has 0 aliphatic carbocycles. The summed E-state index contributed by atoms with van der Waals surface area (Å²) in [5.41, 5.74) is 5.71. The van der Waals surface area contributed by atoms with Crippen molar-refractivity contribution in [2.24, 2.45) is 0 Å². The lowest BCUT2D eigenvalue weighted by Crippen LogP contribution is -2.36. The zero-order valence-electron chi connectivity index (χ0n) is 15.7. The summed E-state index contributed by atoms with van der Waals surface area (Å²) in [6, 6.07) is 16.8. The van der Waals surface area contributed by atoms with Crippen molar-refractivity contribution < 1.29 is 4.79 Å². The molecule has 2 aromatic carbocycles. The Morgan fingerprint density at radius 3 is 2.07 bits per heavy atom. The molecule has 1 aromatic heterocycles. The largest absolute Gasteiger partial charge is 0.351 e. The van der Waals surface area contributed by atoms with Gasteiger partial charge in [-0.25, -0.2) is 9.97 Å². The van der Waals surface area contributed by atoms with Crippen LogP contribution in [0.2, 0.25) is 0 Å². The minimum absolute atomic E-state index is 0.0439. The molecule has 0 N–H and O–H groups in total. The third kappa shape index (κ3) is 3.13. The number of nitrogens with zero attached hydrogens (tertiary/aromatic N) is 4. The zero-order chi connectivity index (χ0) is 18.9. The molecule has 5 heteroatoms. The molecule has 0 bridgehead atoms. The molecule has 0 spiro atoms. The first-order valence-electron chi connectivity index (χ1n) is 9.78. The van der Waals surface area contributed by atoms with E-state index in [-0.39, 0.29) is 5.91 Å². The van der Waals surface area contributed by atoms with E-state index in [0.717, 1.165) is 38.3 Å². The minimum Gasteiger partial charge on any atom is -0.351 e. The minimum atomic E-state index is -0.0439. The lowest BCUT2D eigenvalue weighted by atomic mass is 10.00. The molecular formula is C23H22N4O. The van der Waals surface area contributed by atoms with Crippen LogP contribution >= 0.6 is 0 Å². The summed E-state index contributed by atoms with van der Waals surface area (Å²) in [5.74, 6) is 0.785. The smallest absolute Gasteiger partial charge is 0.274 e. The van der Waals surface area contributed by atoms with Crippen LogP contribution in [-0.4, -0.2) is 33.9 Å². The molecule has 0 saturated heterocycles. The number of aromatic nitrogens is 2. The second kappa shape index (κ2) is 7.08. The number of rotatable bonds is 2. The van der Waals surface area contributed by atoms with Gasteiger partial charge in [0.05, 0.1) is 12.4 Å². The number of benzene rings is 2. The fraction of sp³-hybridized carbons (Fsp3) is 0.261. The second-order valence-electron chi connectivity index (χ2n) is 7.45. The number of carbonyl (C=O) groups is 1. The molecule has 1 amide bonds. The van der Waals surface area contributed by atoms with Gasteiger partial charge in [0.25, 0.3) is 5.91 Å². The van der Waals surface area contributed by atoms with Gasteiger partial charge in [0.2, 0.25) is 0 Å². The van der Waals surface area contributed by atoms with Crippen molar-refractivity contribution in [3.63, 3.8) is 0 Å². The maximum Gasteiger partial charge on any atom is 0.274 e. The van der Waals surface area contributed by atoms with Gasteiger partial charge in [-0.15, -0.1) is 0 Å². The SMILES string of the molecule is O=C(c1cnc(N2CCc3ccccc3C2)cn1)N1CCc2ccccc2C1. The third-order valence-electron chi connectivity index (χ3n) is 5.73. The van der Waals surface area contributed by atoms with Crippen LogP contribution < -0.4 is 4.90 Å². The van der Waals surface area contributed by atoms with Crippen LogP contribution in [0.5, 0.6) is 0 Å². The summed E-state index contributed by atoms with van der Waals surface area (Å²) in [5, 5.41) is 0. The van der Waals surface area contributed by atoms with E-state index in [1.165, 1.54) is 22.3 Å². The first-order chi connectivity index (χ1) is 13.8. The number of hydrogen-bond donors (Lipinski definition) is 0. The van der Waals surface area contributed by atoms with Crippen LogP contribution in [0.25, 0.3) is 0 Å². The Morgan fingerprint density at radius 1 is 0.750 bits per heavy atom. The molecule has 2 aliphatic rings. The Balaban J connectivity index is 1.30. The molecule has 0 unspecified atom stereocenters. The summed E-state index contributed by atoms with van der Waals surface area (Å²) in [6.07, 6.45) is 5.25. The maximum atomic E-state index is 12.9. The molecular weight excluding hydrogens is 348 g/mol. The van der Waals surface area contributed by atoms with E-state index in [1.807, 2.05) is 11.0 Å². The van der Waals surface area contributed by atoms with Gasteiger partial charge in [0.1, 0.15) is 11.5 Å². The number of fused-ring (bicyclic) bond motifs is 2. The second-order valence-corrected chi connectivity index (χ2v) is 7.45. The Hall–Kier alpha value is -3.21. The van der Waals surface area contributed by atoms with E-state index in [1.54, 1.807) is 12.4 Å². The number of amides is 1. The van der Waals surface area contributed by atoms with Crippen LogP contribution in [0.1, 0.15) is 32.7 Å². The molecule has 5 rings (SSSR count). The Labute approximate surface area is 164 Å². The number of hydrogen-bond acceptors (Lipinski definition) is 4.